The summed E-state index contributed by atoms with van der Waals surface area (Å²) < 4.78 is 13.1. The third kappa shape index (κ3) is 20.8. The van der Waals surface area contributed by atoms with E-state index in [0.29, 0.717) is 49.3 Å². The van der Waals surface area contributed by atoms with Crippen molar-refractivity contribution in [2.45, 2.75) is 247 Å². The molecule has 2 amide bonds. The van der Waals surface area contributed by atoms with E-state index in [4.69, 9.17) is 9.47 Å². The molecule has 0 fully saturated rings. The number of carbonyl (C=O) groups is 2. The lowest BCUT2D eigenvalue weighted by atomic mass is 9.94. The van der Waals surface area contributed by atoms with Gasteiger partial charge in [0.05, 0.1) is 45.5 Å². The summed E-state index contributed by atoms with van der Waals surface area (Å²) in [5.41, 5.74) is 2.64. The van der Waals surface area contributed by atoms with E-state index in [1.165, 1.54) is 215 Å². The van der Waals surface area contributed by atoms with Crippen molar-refractivity contribution in [2.24, 2.45) is 11.8 Å². The van der Waals surface area contributed by atoms with Gasteiger partial charge in [0.2, 0.25) is 0 Å². The van der Waals surface area contributed by atoms with Gasteiger partial charge in [-0.05, 0) is 75.6 Å². The fraction of sp³-hybridized carbons (Fsp3) is 0.767. The van der Waals surface area contributed by atoms with Crippen LogP contribution < -0.4 is 0 Å². The minimum absolute atomic E-state index is 0.0746. The Balaban J connectivity index is 1.42. The van der Waals surface area contributed by atoms with Gasteiger partial charge < -0.3 is 19.3 Å². The number of hydrogen-bond acceptors (Lipinski definition) is 6. The van der Waals surface area contributed by atoms with E-state index < -0.39 is 0 Å². The lowest BCUT2D eigenvalue weighted by Crippen LogP contribution is -2.33. The summed E-state index contributed by atoms with van der Waals surface area (Å²) in [6, 6.07) is 8.40. The van der Waals surface area contributed by atoms with Crippen molar-refractivity contribution in [3.05, 3.63) is 54.9 Å². The largest absolute Gasteiger partial charge is 0.379 e. The van der Waals surface area contributed by atoms with Crippen molar-refractivity contribution in [3.63, 3.8) is 0 Å². The van der Waals surface area contributed by atoms with Gasteiger partial charge >= 0.3 is 0 Å². The van der Waals surface area contributed by atoms with Gasteiger partial charge in [-0.3, -0.25) is 9.59 Å². The van der Waals surface area contributed by atoms with Crippen LogP contribution in [0.3, 0.4) is 0 Å². The van der Waals surface area contributed by atoms with E-state index in [-0.39, 0.29) is 11.8 Å². The molecule has 0 N–H and O–H groups in total. The number of thiophene rings is 2. The quantitative estimate of drug-likeness (QED) is 0.0621. The molecule has 2 aliphatic rings. The van der Waals surface area contributed by atoms with Crippen molar-refractivity contribution in [1.82, 2.24) is 9.80 Å². The zero-order valence-corrected chi connectivity index (χ0v) is 46.3. The number of fused-ring (bicyclic) bond motifs is 1. The van der Waals surface area contributed by atoms with Crippen molar-refractivity contribution in [1.29, 1.82) is 0 Å². The molecule has 2 unspecified atom stereocenters. The second-order valence-corrected chi connectivity index (χ2v) is 23.3. The van der Waals surface area contributed by atoms with Gasteiger partial charge in [0, 0.05) is 36.1 Å². The van der Waals surface area contributed by atoms with Crippen molar-refractivity contribution in [3.8, 4) is 0 Å². The van der Waals surface area contributed by atoms with Crippen LogP contribution in [-0.4, -0.2) is 61.1 Å². The van der Waals surface area contributed by atoms with E-state index in [9.17, 15) is 9.59 Å². The Hall–Kier alpha value is -2.26. The Bertz CT molecular complexity index is 1600. The lowest BCUT2D eigenvalue weighted by molar-refractivity contribution is -0.124. The van der Waals surface area contributed by atoms with Crippen molar-refractivity contribution < 1.29 is 19.1 Å². The van der Waals surface area contributed by atoms with Gasteiger partial charge in [-0.25, -0.2) is 0 Å². The molecule has 0 spiro atoms. The molecule has 4 heterocycles. The highest BCUT2D eigenvalue weighted by Gasteiger charge is 2.49. The zero-order valence-electron chi connectivity index (χ0n) is 44.7. The van der Waals surface area contributed by atoms with E-state index in [1.54, 1.807) is 22.7 Å². The fourth-order valence-electron chi connectivity index (χ4n) is 10.5. The van der Waals surface area contributed by atoms with Crippen LogP contribution in [0.2, 0.25) is 0 Å². The monoisotopic (exact) mass is 977 g/mol. The van der Waals surface area contributed by atoms with Gasteiger partial charge in [0.25, 0.3) is 11.8 Å². The second-order valence-electron chi connectivity index (χ2n) is 20.7. The summed E-state index contributed by atoms with van der Waals surface area (Å²) in [5.74, 6) is 0.957. The number of amides is 2. The first-order chi connectivity index (χ1) is 33.3. The molecule has 0 radical (unpaired) electrons. The maximum atomic E-state index is 14.9. The standard InChI is InChI=1S/C60H100N2O4S2/c1-7-11-15-19-23-25-29-33-37-51(35-31-27-21-17-13-9-3)47-65-45-43-61-57(53-41-39-49(5)67-53)55-56(59(61)63)58(54-42-40-50(6)68-54)62(60(55)64)44-46-66-48-52(36-32-28-22-18-14-10-4)38-34-30-26-24-20-16-12-8-2/h39-42,51-52H,7-38,43-48H2,1-6H3. The van der Waals surface area contributed by atoms with Crippen molar-refractivity contribution >= 4 is 45.9 Å². The Morgan fingerprint density at radius 1 is 0.412 bits per heavy atom. The Morgan fingerprint density at radius 3 is 0.956 bits per heavy atom. The number of carbonyl (C=O) groups excluding carboxylic acids is 2. The molecule has 6 nitrogen and oxygen atoms in total. The maximum absolute atomic E-state index is 14.9. The predicted octanol–water partition coefficient (Wildman–Crippen LogP) is 18.1. The summed E-state index contributed by atoms with van der Waals surface area (Å²) in [5, 5.41) is 0. The minimum atomic E-state index is -0.0746. The van der Waals surface area contributed by atoms with Gasteiger partial charge in [-0.2, -0.15) is 0 Å². The van der Waals surface area contributed by atoms with Crippen LogP contribution in [-0.2, 0) is 19.1 Å². The van der Waals surface area contributed by atoms with Crippen LogP contribution in [0.4, 0.5) is 0 Å². The van der Waals surface area contributed by atoms with Crippen LogP contribution in [0.1, 0.15) is 253 Å². The minimum Gasteiger partial charge on any atom is -0.379 e. The van der Waals surface area contributed by atoms with Crippen molar-refractivity contribution in [2.75, 3.05) is 39.5 Å². The summed E-state index contributed by atoms with van der Waals surface area (Å²) in [4.78, 5) is 37.9. The molecular weight excluding hydrogens is 877 g/mol. The third-order valence-corrected chi connectivity index (χ3v) is 16.6. The molecule has 386 valence electrons. The third-order valence-electron chi connectivity index (χ3n) is 14.6. The first kappa shape index (κ1) is 58.3. The predicted molar refractivity (Wildman–Crippen MR) is 294 cm³/mol. The maximum Gasteiger partial charge on any atom is 0.261 e. The fourth-order valence-corrected chi connectivity index (χ4v) is 12.3. The van der Waals surface area contributed by atoms with E-state index in [1.807, 2.05) is 9.80 Å². The molecule has 0 bridgehead atoms. The SMILES string of the molecule is CCCCCCCCCCC(CCCCCCCC)COCCN1C(=O)C2=C(c3ccc(C)s3)N(CCOCC(CCCCCCCC)CCCCCCCCCC)C(=O)C2=C1c1ccc(C)s1. The molecule has 8 heteroatoms. The highest BCUT2D eigenvalue weighted by atomic mass is 32.1. The highest BCUT2D eigenvalue weighted by Crippen LogP contribution is 2.48. The summed E-state index contributed by atoms with van der Waals surface area (Å²) in [6.07, 6.45) is 42.1. The number of unbranched alkanes of at least 4 members (excludes halogenated alkanes) is 24. The molecule has 4 rings (SSSR count). The molecule has 0 saturated heterocycles. The van der Waals surface area contributed by atoms with Crippen LogP contribution in [0, 0.1) is 25.7 Å². The lowest BCUT2D eigenvalue weighted by Gasteiger charge is -2.25. The number of rotatable bonds is 44. The topological polar surface area (TPSA) is 59.1 Å². The number of ether oxygens (including phenoxy) is 2. The van der Waals surface area contributed by atoms with Crippen LogP contribution in [0.15, 0.2) is 35.4 Å². The van der Waals surface area contributed by atoms with Gasteiger partial charge in [-0.1, -0.05) is 207 Å². The summed E-state index contributed by atoms with van der Waals surface area (Å²) in [6.45, 7) is 16.6. The molecule has 68 heavy (non-hydrogen) atoms. The Morgan fingerprint density at radius 2 is 0.691 bits per heavy atom. The van der Waals surface area contributed by atoms with Crippen LogP contribution in [0.5, 0.6) is 0 Å². The molecular formula is C60H100N2O4S2. The molecule has 2 atom stereocenters. The van der Waals surface area contributed by atoms with E-state index in [2.05, 4.69) is 65.8 Å². The Labute approximate surface area is 425 Å². The normalized spacial score (nSPS) is 15.0. The number of aryl methyl sites for hydroxylation is 2. The zero-order chi connectivity index (χ0) is 48.6. The molecule has 0 aliphatic carbocycles. The average molecular weight is 978 g/mol. The molecule has 2 aromatic rings. The smallest absolute Gasteiger partial charge is 0.261 e. The first-order valence-electron chi connectivity index (χ1n) is 28.8. The van der Waals surface area contributed by atoms with Gasteiger partial charge in [-0.15, -0.1) is 22.7 Å². The molecule has 0 saturated carbocycles. The second kappa shape index (κ2) is 35.8. The average Bonchev–Trinajstić information content (AvgIpc) is 4.10. The van der Waals surface area contributed by atoms with Gasteiger partial charge in [0.15, 0.2) is 0 Å². The molecule has 2 aromatic heterocycles. The number of nitrogens with zero attached hydrogens (tertiary/aromatic N) is 2. The van der Waals surface area contributed by atoms with Crippen LogP contribution >= 0.6 is 22.7 Å². The van der Waals surface area contributed by atoms with E-state index in [0.717, 1.165) is 34.4 Å². The summed E-state index contributed by atoms with van der Waals surface area (Å²) >= 11 is 3.33. The van der Waals surface area contributed by atoms with Crippen LogP contribution in [0.25, 0.3) is 11.4 Å². The first-order valence-corrected chi connectivity index (χ1v) is 30.4. The highest BCUT2D eigenvalue weighted by molar-refractivity contribution is 7.13. The Kier molecular flexibility index (Phi) is 30.7. The summed E-state index contributed by atoms with van der Waals surface area (Å²) in [7, 11) is 0. The molecule has 2 aliphatic heterocycles. The number of hydrogen-bond donors (Lipinski definition) is 0. The van der Waals surface area contributed by atoms with E-state index >= 15 is 0 Å². The van der Waals surface area contributed by atoms with Gasteiger partial charge in [0.1, 0.15) is 0 Å². The molecule has 0 aromatic carbocycles.